The van der Waals surface area contributed by atoms with Gasteiger partial charge in [0.05, 0.1) is 0 Å². The maximum absolute atomic E-state index is 9.05. The van der Waals surface area contributed by atoms with Crippen molar-refractivity contribution in [3.63, 3.8) is 0 Å². The van der Waals surface area contributed by atoms with E-state index in [0.717, 1.165) is 27.9 Å². The summed E-state index contributed by atoms with van der Waals surface area (Å²) in [5.41, 5.74) is 3.43. The molecule has 2 aromatic carbocycles. The van der Waals surface area contributed by atoms with Crippen molar-refractivity contribution in [3.8, 4) is 22.5 Å². The predicted molar refractivity (Wildman–Crippen MR) is 236 cm³/mol. The van der Waals surface area contributed by atoms with Crippen molar-refractivity contribution in [2.24, 2.45) is 41.2 Å². The number of pyridine rings is 2. The van der Waals surface area contributed by atoms with Gasteiger partial charge in [-0.3, -0.25) is 0 Å². The van der Waals surface area contributed by atoms with Crippen LogP contribution in [0.25, 0.3) is 22.5 Å². The third-order valence-electron chi connectivity index (χ3n) is 8.11. The van der Waals surface area contributed by atoms with E-state index in [9.17, 15) is 0 Å². The van der Waals surface area contributed by atoms with Crippen LogP contribution in [0.2, 0.25) is 0 Å². The molecule has 296 valence electrons. The zero-order chi connectivity index (χ0) is 52.7. The molecule has 0 fully saturated rings. The fourth-order valence-corrected chi connectivity index (χ4v) is 6.27. The van der Waals surface area contributed by atoms with Crippen molar-refractivity contribution < 1.29 is 27.0 Å². The van der Waals surface area contributed by atoms with Crippen molar-refractivity contribution in [3.05, 3.63) is 105 Å². The Kier molecular flexibility index (Phi) is 9.06. The molecule has 0 aliphatic rings. The summed E-state index contributed by atoms with van der Waals surface area (Å²) >= 11 is 0. The zero-order valence-corrected chi connectivity index (χ0v) is 37.2. The Labute approximate surface area is 352 Å². The van der Waals surface area contributed by atoms with Crippen LogP contribution in [-0.2, 0) is 46.0 Å². The summed E-state index contributed by atoms with van der Waals surface area (Å²) in [6.45, 7) is 29.1. The molecule has 54 heavy (non-hydrogen) atoms. The lowest BCUT2D eigenvalue weighted by atomic mass is 9.81. The average Bonchev–Trinajstić information content (AvgIpc) is 3.12. The minimum atomic E-state index is -2.20. The Morgan fingerprint density at radius 1 is 0.463 bits per heavy atom. The van der Waals surface area contributed by atoms with Crippen LogP contribution in [0, 0.1) is 47.8 Å². The lowest BCUT2D eigenvalue weighted by molar-refractivity contribution is -0.661. The van der Waals surface area contributed by atoms with E-state index >= 15 is 0 Å². The maximum atomic E-state index is 9.05. The van der Waals surface area contributed by atoms with Crippen LogP contribution in [0.3, 0.4) is 0 Å². The number of nitrogens with zero attached hydrogens (tertiary/aromatic N) is 2. The zero-order valence-electron chi connectivity index (χ0n) is 50.2. The molecule has 0 aliphatic carbocycles. The molecular formula is C52H80N2+2. The van der Waals surface area contributed by atoms with Crippen LogP contribution in [0.4, 0.5) is 0 Å². The van der Waals surface area contributed by atoms with Gasteiger partial charge in [-0.15, -0.1) is 0 Å². The first-order chi connectivity index (χ1) is 29.5. The van der Waals surface area contributed by atoms with E-state index < -0.39 is 65.8 Å². The summed E-state index contributed by atoms with van der Waals surface area (Å²) in [4.78, 5) is 0. The first-order valence-electron chi connectivity index (χ1n) is 25.8. The van der Waals surface area contributed by atoms with Crippen LogP contribution in [-0.4, -0.2) is 0 Å². The lowest BCUT2D eigenvalue weighted by Crippen LogP contribution is -2.33. The normalized spacial score (nSPS) is 17.9. The van der Waals surface area contributed by atoms with Gasteiger partial charge < -0.3 is 0 Å². The molecule has 0 radical (unpaired) electrons. The molecule has 0 amide bonds. The molecule has 0 N–H and O–H groups in total. The standard InChI is InChI=1S/C28H44N.C24H36N/c1-20-14-21(16-26(2,3)4)12-13-24(20)25-15-22(17-27(5,6)7)23(19-29(25)11)18-28(8,9)10;1-17-10-11-21(18(2)12-17)22-13-19(14-23(3,4)5)20(16-25(22)9)15-24(6,7)8/h12-15,19H,16-18H2,1-11H3;10-13,16H,14-15H2,1-9H3/q2*+1/i16D2,17D2,18D2;1D3,14D2,15D2. The van der Waals surface area contributed by atoms with Crippen molar-refractivity contribution in [2.75, 3.05) is 0 Å². The minimum Gasteiger partial charge on any atom is -0.201 e. The first-order valence-corrected chi connectivity index (χ1v) is 19.3. The molecule has 0 aliphatic heterocycles. The van der Waals surface area contributed by atoms with Crippen molar-refractivity contribution in [1.29, 1.82) is 0 Å². The van der Waals surface area contributed by atoms with Crippen LogP contribution in [0.5, 0.6) is 0 Å². The summed E-state index contributed by atoms with van der Waals surface area (Å²) < 4.78 is 116. The van der Waals surface area contributed by atoms with Gasteiger partial charge in [0, 0.05) is 52.2 Å². The SMILES string of the molecule is [2H]C([2H])([2H])c1ccc(-c2cc(C([2H])([2H])C(C)(C)C)c(C([2H])([2H])C(C)(C)C)c[n+]2C)c(C)c1.[2H]C([2H])(c1ccc(-c2cc(C([2H])([2H])C(C)(C)C)c(C([2H])([2H])C(C)(C)C)c[n+]2C)c(C)c1)C(C)(C)C. The molecule has 2 heteroatoms. The number of aryl methyl sites for hydroxylation is 5. The third kappa shape index (κ3) is 14.4. The molecule has 0 saturated carbocycles. The molecule has 0 bridgehead atoms. The minimum absolute atomic E-state index is 0.257. The third-order valence-corrected chi connectivity index (χ3v) is 8.11. The van der Waals surface area contributed by atoms with Gasteiger partial charge in [0.15, 0.2) is 12.4 Å². The first kappa shape index (κ1) is 29.0. The average molecular weight is 746 g/mol. The topological polar surface area (TPSA) is 7.76 Å². The van der Waals surface area contributed by atoms with Crippen molar-refractivity contribution in [1.82, 2.24) is 0 Å². The van der Waals surface area contributed by atoms with Gasteiger partial charge in [0.25, 0.3) is 0 Å². The van der Waals surface area contributed by atoms with Gasteiger partial charge in [0.2, 0.25) is 11.4 Å². The van der Waals surface area contributed by atoms with Gasteiger partial charge >= 0.3 is 0 Å². The van der Waals surface area contributed by atoms with Crippen LogP contribution < -0.4 is 9.13 Å². The van der Waals surface area contributed by atoms with E-state index in [-0.39, 0.29) is 5.56 Å². The Bertz CT molecular complexity index is 2440. The highest BCUT2D eigenvalue weighted by Crippen LogP contribution is 2.33. The smallest absolute Gasteiger partial charge is 0.201 e. The Balaban J connectivity index is 0.000000357. The van der Waals surface area contributed by atoms with Gasteiger partial charge in [0.1, 0.15) is 14.1 Å². The fraction of sp³-hybridized carbons (Fsp3) is 0.577. The Hall–Kier alpha value is -3.26. The van der Waals surface area contributed by atoms with E-state index in [4.69, 9.17) is 17.8 Å². The van der Waals surface area contributed by atoms with Crippen molar-refractivity contribution >= 4 is 0 Å². The van der Waals surface area contributed by atoms with Crippen LogP contribution in [0.1, 0.15) is 166 Å². The van der Waals surface area contributed by atoms with Gasteiger partial charge in [-0.25, -0.2) is 9.13 Å². The Morgan fingerprint density at radius 2 is 0.815 bits per heavy atom. The molecule has 2 heterocycles. The highest BCUT2D eigenvalue weighted by atomic mass is 14.9. The highest BCUT2D eigenvalue weighted by Gasteiger charge is 2.26. The number of hydrogen-bond donors (Lipinski definition) is 0. The number of hydrogen-bond acceptors (Lipinski definition) is 0. The quantitative estimate of drug-likeness (QED) is 0.166. The summed E-state index contributed by atoms with van der Waals surface area (Å²) in [6.07, 6.45) is -5.23. The predicted octanol–water partition coefficient (Wildman–Crippen LogP) is 13.2. The summed E-state index contributed by atoms with van der Waals surface area (Å²) in [7, 11) is 3.67. The molecule has 0 unspecified atom stereocenters. The van der Waals surface area contributed by atoms with E-state index in [1.54, 1.807) is 47.3 Å². The monoisotopic (exact) mass is 746 g/mol. The molecule has 0 atom stereocenters. The van der Waals surface area contributed by atoms with Gasteiger partial charge in [-0.1, -0.05) is 134 Å². The van der Waals surface area contributed by atoms with Gasteiger partial charge in [-0.05, 0) is 120 Å². The number of rotatable bonds is 7. The van der Waals surface area contributed by atoms with Crippen LogP contribution >= 0.6 is 0 Å². The molecule has 4 aromatic rings. The van der Waals surface area contributed by atoms with E-state index in [1.165, 1.54) is 0 Å². The van der Waals surface area contributed by atoms with Gasteiger partial charge in [-0.2, -0.15) is 0 Å². The lowest BCUT2D eigenvalue weighted by Gasteiger charge is -2.24. The maximum Gasteiger partial charge on any atom is 0.212 e. The summed E-state index contributed by atoms with van der Waals surface area (Å²) in [6, 6.07) is 14.1. The molecule has 2 nitrogen and oxygen atoms in total. The van der Waals surface area contributed by atoms with E-state index in [0.29, 0.717) is 33.5 Å². The fourth-order valence-electron chi connectivity index (χ4n) is 6.27. The molecule has 2 aromatic heterocycles. The number of benzene rings is 2. The van der Waals surface area contributed by atoms with E-state index in [2.05, 4.69) is 0 Å². The molecule has 0 spiro atoms. The van der Waals surface area contributed by atoms with Crippen molar-refractivity contribution in [2.45, 2.75) is 156 Å². The van der Waals surface area contributed by atoms with E-state index in [1.807, 2.05) is 155 Å². The molecule has 0 saturated heterocycles. The summed E-state index contributed by atoms with van der Waals surface area (Å²) in [5, 5.41) is 0. The Morgan fingerprint density at radius 3 is 1.15 bits per heavy atom. The second kappa shape index (κ2) is 16.9. The largest absolute Gasteiger partial charge is 0.212 e. The second-order valence-electron chi connectivity index (χ2n) is 20.1. The second-order valence-corrected chi connectivity index (χ2v) is 20.1. The molecular weight excluding hydrogens is 653 g/mol. The summed E-state index contributed by atoms with van der Waals surface area (Å²) in [5.74, 6) is 0. The highest BCUT2D eigenvalue weighted by molar-refractivity contribution is 5.63. The number of aromatic nitrogens is 2. The van der Waals surface area contributed by atoms with Crippen LogP contribution in [0.15, 0.2) is 60.9 Å². The molecule has 4 rings (SSSR count).